The summed E-state index contributed by atoms with van der Waals surface area (Å²) in [6, 6.07) is 0. The number of ether oxygens (including phenoxy) is 1. The quantitative estimate of drug-likeness (QED) is 0.611. The monoisotopic (exact) mass is 143 g/mol. The minimum atomic E-state index is -0.202. The lowest BCUT2D eigenvalue weighted by Gasteiger charge is -2.27. The first-order valence-electron chi connectivity index (χ1n) is 3.57. The zero-order chi connectivity index (χ0) is 7.56. The number of hydrogen-bond donors (Lipinski definition) is 1. The number of hydrogen-bond acceptors (Lipinski definition) is 2. The highest BCUT2D eigenvalue weighted by molar-refractivity contribution is 5.76. The largest absolute Gasteiger partial charge is 0.381 e. The zero-order valence-electron chi connectivity index (χ0n) is 6.17. The first-order chi connectivity index (χ1) is 4.70. The Kier molecular flexibility index (Phi) is 2.27. The molecule has 0 radical (unpaired) electrons. The molecule has 58 valence electrons. The Morgan fingerprint density at radius 2 is 2.40 bits per heavy atom. The molecule has 0 aliphatic carbocycles. The first-order valence-corrected chi connectivity index (χ1v) is 3.57. The van der Waals surface area contributed by atoms with Crippen molar-refractivity contribution in [2.75, 3.05) is 13.2 Å². The van der Waals surface area contributed by atoms with Gasteiger partial charge in [-0.25, -0.2) is 0 Å². The number of amides is 1. The van der Waals surface area contributed by atoms with E-state index in [4.69, 9.17) is 10.5 Å². The van der Waals surface area contributed by atoms with Gasteiger partial charge in [0.2, 0.25) is 5.91 Å². The number of carbonyl (C=O) groups excluding carboxylic acids is 1. The Hall–Kier alpha value is -0.570. The van der Waals surface area contributed by atoms with Crippen molar-refractivity contribution in [2.45, 2.75) is 13.3 Å². The Morgan fingerprint density at radius 1 is 1.80 bits per heavy atom. The minimum absolute atomic E-state index is 0.00824. The van der Waals surface area contributed by atoms with Gasteiger partial charge in [0.25, 0.3) is 0 Å². The van der Waals surface area contributed by atoms with Crippen molar-refractivity contribution in [3.63, 3.8) is 0 Å². The molecule has 3 heteroatoms. The van der Waals surface area contributed by atoms with Crippen LogP contribution in [-0.4, -0.2) is 19.1 Å². The molecule has 1 heterocycles. The molecule has 1 amide bonds. The molecular weight excluding hydrogens is 130 g/mol. The average molecular weight is 143 g/mol. The van der Waals surface area contributed by atoms with Crippen molar-refractivity contribution in [3.8, 4) is 0 Å². The summed E-state index contributed by atoms with van der Waals surface area (Å²) in [5.41, 5.74) is 5.08. The van der Waals surface area contributed by atoms with Gasteiger partial charge in [0.1, 0.15) is 0 Å². The Morgan fingerprint density at radius 3 is 2.70 bits per heavy atom. The Labute approximate surface area is 60.5 Å². The molecule has 0 aromatic heterocycles. The summed E-state index contributed by atoms with van der Waals surface area (Å²) >= 11 is 0. The molecule has 1 saturated heterocycles. The van der Waals surface area contributed by atoms with E-state index in [1.807, 2.05) is 6.92 Å². The zero-order valence-corrected chi connectivity index (χ0v) is 6.17. The van der Waals surface area contributed by atoms with Gasteiger partial charge < -0.3 is 10.5 Å². The second-order valence-electron chi connectivity index (χ2n) is 2.94. The standard InChI is InChI=1S/C7H13NO2/c1-5(7(8)9)2-6-3-10-4-6/h5-6H,2-4H2,1H3,(H2,8,9). The third kappa shape index (κ3) is 1.70. The molecule has 0 aromatic rings. The van der Waals surface area contributed by atoms with Crippen molar-refractivity contribution in [1.29, 1.82) is 0 Å². The van der Waals surface area contributed by atoms with E-state index < -0.39 is 0 Å². The molecule has 1 unspecified atom stereocenters. The second kappa shape index (κ2) is 3.01. The van der Waals surface area contributed by atoms with Crippen LogP contribution in [-0.2, 0) is 9.53 Å². The highest BCUT2D eigenvalue weighted by Gasteiger charge is 2.22. The fourth-order valence-corrected chi connectivity index (χ4v) is 1.04. The summed E-state index contributed by atoms with van der Waals surface area (Å²) in [7, 11) is 0. The van der Waals surface area contributed by atoms with E-state index in [1.54, 1.807) is 0 Å². The predicted octanol–water partition coefficient (Wildman–Crippen LogP) is 0.144. The van der Waals surface area contributed by atoms with Crippen molar-refractivity contribution in [3.05, 3.63) is 0 Å². The van der Waals surface area contributed by atoms with Gasteiger partial charge in [-0.1, -0.05) is 6.92 Å². The summed E-state index contributed by atoms with van der Waals surface area (Å²) in [6.07, 6.45) is 0.884. The van der Waals surface area contributed by atoms with E-state index in [1.165, 1.54) is 0 Å². The van der Waals surface area contributed by atoms with Crippen LogP contribution in [0.5, 0.6) is 0 Å². The van der Waals surface area contributed by atoms with Gasteiger partial charge in [0.15, 0.2) is 0 Å². The second-order valence-corrected chi connectivity index (χ2v) is 2.94. The lowest BCUT2D eigenvalue weighted by atomic mass is 9.94. The van der Waals surface area contributed by atoms with E-state index in [2.05, 4.69) is 0 Å². The summed E-state index contributed by atoms with van der Waals surface area (Å²) < 4.78 is 4.96. The molecule has 0 saturated carbocycles. The van der Waals surface area contributed by atoms with Crippen LogP contribution < -0.4 is 5.73 Å². The van der Waals surface area contributed by atoms with Crippen molar-refractivity contribution >= 4 is 5.91 Å². The molecular formula is C7H13NO2. The lowest BCUT2D eigenvalue weighted by Crippen LogP contribution is -2.32. The van der Waals surface area contributed by atoms with Crippen LogP contribution in [0.3, 0.4) is 0 Å². The van der Waals surface area contributed by atoms with Gasteiger partial charge in [0.05, 0.1) is 13.2 Å². The number of nitrogens with two attached hydrogens (primary N) is 1. The van der Waals surface area contributed by atoms with Gasteiger partial charge in [-0.3, -0.25) is 4.79 Å². The molecule has 2 N–H and O–H groups in total. The molecule has 0 spiro atoms. The third-order valence-electron chi connectivity index (χ3n) is 1.88. The van der Waals surface area contributed by atoms with Gasteiger partial charge in [-0.15, -0.1) is 0 Å². The maximum absolute atomic E-state index is 10.6. The highest BCUT2D eigenvalue weighted by atomic mass is 16.5. The van der Waals surface area contributed by atoms with Crippen LogP contribution in [0.25, 0.3) is 0 Å². The Balaban J connectivity index is 2.16. The summed E-state index contributed by atoms with van der Waals surface area (Å²) in [5, 5.41) is 0. The van der Waals surface area contributed by atoms with E-state index in [-0.39, 0.29) is 11.8 Å². The van der Waals surface area contributed by atoms with E-state index in [0.717, 1.165) is 19.6 Å². The Bertz CT molecular complexity index is 132. The van der Waals surface area contributed by atoms with E-state index in [0.29, 0.717) is 5.92 Å². The van der Waals surface area contributed by atoms with Crippen LogP contribution in [0.15, 0.2) is 0 Å². The van der Waals surface area contributed by atoms with Crippen molar-refractivity contribution in [1.82, 2.24) is 0 Å². The van der Waals surface area contributed by atoms with Gasteiger partial charge in [0, 0.05) is 11.8 Å². The van der Waals surface area contributed by atoms with Crippen LogP contribution in [0.1, 0.15) is 13.3 Å². The summed E-state index contributed by atoms with van der Waals surface area (Å²) in [4.78, 5) is 10.6. The molecule has 1 rings (SSSR count). The van der Waals surface area contributed by atoms with Crippen LogP contribution in [0, 0.1) is 11.8 Å². The summed E-state index contributed by atoms with van der Waals surface area (Å²) in [6.45, 7) is 3.47. The van der Waals surface area contributed by atoms with Gasteiger partial charge in [-0.05, 0) is 6.42 Å². The van der Waals surface area contributed by atoms with Crippen LogP contribution in [0.2, 0.25) is 0 Å². The van der Waals surface area contributed by atoms with Gasteiger partial charge in [-0.2, -0.15) is 0 Å². The molecule has 1 aliphatic rings. The topological polar surface area (TPSA) is 52.3 Å². The first kappa shape index (κ1) is 7.54. The smallest absolute Gasteiger partial charge is 0.220 e. The predicted molar refractivity (Wildman–Crippen MR) is 37.3 cm³/mol. The molecule has 1 atom stereocenters. The number of carbonyl (C=O) groups is 1. The fraction of sp³-hybridized carbons (Fsp3) is 0.857. The molecule has 1 fully saturated rings. The third-order valence-corrected chi connectivity index (χ3v) is 1.88. The molecule has 10 heavy (non-hydrogen) atoms. The maximum Gasteiger partial charge on any atom is 0.220 e. The minimum Gasteiger partial charge on any atom is -0.381 e. The average Bonchev–Trinajstić information content (AvgIpc) is 1.77. The molecule has 0 aromatic carbocycles. The van der Waals surface area contributed by atoms with E-state index >= 15 is 0 Å². The maximum atomic E-state index is 10.6. The molecule has 3 nitrogen and oxygen atoms in total. The van der Waals surface area contributed by atoms with Crippen LogP contribution in [0.4, 0.5) is 0 Å². The van der Waals surface area contributed by atoms with Crippen molar-refractivity contribution in [2.24, 2.45) is 17.6 Å². The molecule has 1 aliphatic heterocycles. The number of rotatable bonds is 3. The normalized spacial score (nSPS) is 21.7. The highest BCUT2D eigenvalue weighted by Crippen LogP contribution is 2.19. The fourth-order valence-electron chi connectivity index (χ4n) is 1.04. The van der Waals surface area contributed by atoms with E-state index in [9.17, 15) is 4.79 Å². The lowest BCUT2D eigenvalue weighted by molar-refractivity contribution is -0.123. The van der Waals surface area contributed by atoms with Gasteiger partial charge >= 0.3 is 0 Å². The molecule has 0 bridgehead atoms. The number of primary amides is 1. The SMILES string of the molecule is CC(CC1COC1)C(N)=O. The summed E-state index contributed by atoms with van der Waals surface area (Å²) in [5.74, 6) is 0.378. The van der Waals surface area contributed by atoms with Crippen LogP contribution >= 0.6 is 0 Å². The van der Waals surface area contributed by atoms with Crippen molar-refractivity contribution < 1.29 is 9.53 Å².